The zero-order valence-electron chi connectivity index (χ0n) is 13.2. The lowest BCUT2D eigenvalue weighted by Crippen LogP contribution is -1.87. The minimum Gasteiger partial charge on any atom is -0.508 e. The summed E-state index contributed by atoms with van der Waals surface area (Å²) < 4.78 is 0. The van der Waals surface area contributed by atoms with Gasteiger partial charge in [0.1, 0.15) is 11.5 Å². The molecule has 0 atom stereocenters. The molecule has 0 amide bonds. The van der Waals surface area contributed by atoms with E-state index in [1.165, 1.54) is 0 Å². The standard InChI is InChI=1S/C21H20O2/c1-2-3-19-14-18(10-13-21(19)23)17-6-4-15(5-7-17)16-8-11-20(22)12-9-16/h4-14,22-23H,2-3H2,1H3. The average Bonchev–Trinajstić information content (AvgIpc) is 2.58. The second kappa shape index (κ2) is 6.57. The predicted molar refractivity (Wildman–Crippen MR) is 94.6 cm³/mol. The van der Waals surface area contributed by atoms with Crippen molar-refractivity contribution in [1.82, 2.24) is 0 Å². The van der Waals surface area contributed by atoms with Crippen molar-refractivity contribution < 1.29 is 10.2 Å². The van der Waals surface area contributed by atoms with Gasteiger partial charge in [-0.1, -0.05) is 55.8 Å². The third-order valence-corrected chi connectivity index (χ3v) is 4.02. The van der Waals surface area contributed by atoms with E-state index >= 15 is 0 Å². The quantitative estimate of drug-likeness (QED) is 0.679. The minimum atomic E-state index is 0.276. The minimum absolute atomic E-state index is 0.276. The maximum Gasteiger partial charge on any atom is 0.118 e. The molecule has 0 fully saturated rings. The van der Waals surface area contributed by atoms with Crippen molar-refractivity contribution >= 4 is 0 Å². The molecule has 2 heteroatoms. The van der Waals surface area contributed by atoms with E-state index in [9.17, 15) is 10.2 Å². The molecular weight excluding hydrogens is 284 g/mol. The van der Waals surface area contributed by atoms with Crippen LogP contribution >= 0.6 is 0 Å². The van der Waals surface area contributed by atoms with Crippen LogP contribution in [0, 0.1) is 0 Å². The van der Waals surface area contributed by atoms with Crippen LogP contribution in [0.15, 0.2) is 66.7 Å². The Morgan fingerprint density at radius 2 is 1.13 bits per heavy atom. The predicted octanol–water partition coefficient (Wildman–Crippen LogP) is 5.38. The SMILES string of the molecule is CCCc1cc(-c2ccc(-c3ccc(O)cc3)cc2)ccc1O. The van der Waals surface area contributed by atoms with Crippen molar-refractivity contribution in [2.24, 2.45) is 0 Å². The first kappa shape index (κ1) is 15.2. The molecule has 3 aromatic carbocycles. The molecule has 0 bridgehead atoms. The van der Waals surface area contributed by atoms with E-state index in [-0.39, 0.29) is 5.75 Å². The summed E-state index contributed by atoms with van der Waals surface area (Å²) in [6.07, 6.45) is 1.89. The molecule has 3 aromatic rings. The van der Waals surface area contributed by atoms with Crippen molar-refractivity contribution in [3.05, 3.63) is 72.3 Å². The van der Waals surface area contributed by atoms with Gasteiger partial charge in [-0.3, -0.25) is 0 Å². The van der Waals surface area contributed by atoms with Gasteiger partial charge in [0.2, 0.25) is 0 Å². The van der Waals surface area contributed by atoms with Gasteiger partial charge in [0, 0.05) is 0 Å². The highest BCUT2D eigenvalue weighted by Crippen LogP contribution is 2.29. The van der Waals surface area contributed by atoms with E-state index in [2.05, 4.69) is 37.3 Å². The van der Waals surface area contributed by atoms with Crippen molar-refractivity contribution in [2.45, 2.75) is 19.8 Å². The Hall–Kier alpha value is -2.74. The Labute approximate surface area is 136 Å². The lowest BCUT2D eigenvalue weighted by Gasteiger charge is -2.08. The second-order valence-electron chi connectivity index (χ2n) is 5.72. The highest BCUT2D eigenvalue weighted by Gasteiger charge is 2.05. The number of hydrogen-bond donors (Lipinski definition) is 2. The van der Waals surface area contributed by atoms with E-state index < -0.39 is 0 Å². The summed E-state index contributed by atoms with van der Waals surface area (Å²) in [7, 11) is 0. The summed E-state index contributed by atoms with van der Waals surface area (Å²) in [6, 6.07) is 21.3. The van der Waals surface area contributed by atoms with E-state index in [1.807, 2.05) is 18.2 Å². The van der Waals surface area contributed by atoms with Gasteiger partial charge in [-0.2, -0.15) is 0 Å². The van der Waals surface area contributed by atoms with Gasteiger partial charge in [0.05, 0.1) is 0 Å². The van der Waals surface area contributed by atoms with E-state index in [0.717, 1.165) is 40.7 Å². The van der Waals surface area contributed by atoms with Gasteiger partial charge in [-0.25, -0.2) is 0 Å². The van der Waals surface area contributed by atoms with Crippen molar-refractivity contribution in [3.8, 4) is 33.8 Å². The molecule has 0 unspecified atom stereocenters. The molecule has 116 valence electrons. The van der Waals surface area contributed by atoms with Crippen LogP contribution in [0.3, 0.4) is 0 Å². The van der Waals surface area contributed by atoms with Gasteiger partial charge in [0.15, 0.2) is 0 Å². The number of hydrogen-bond acceptors (Lipinski definition) is 2. The molecule has 2 N–H and O–H groups in total. The van der Waals surface area contributed by atoms with Gasteiger partial charge < -0.3 is 10.2 Å². The van der Waals surface area contributed by atoms with Crippen LogP contribution in [0.2, 0.25) is 0 Å². The summed E-state index contributed by atoms with van der Waals surface area (Å²) in [6.45, 7) is 2.11. The fourth-order valence-corrected chi connectivity index (χ4v) is 2.74. The van der Waals surface area contributed by atoms with Gasteiger partial charge in [-0.15, -0.1) is 0 Å². The average molecular weight is 304 g/mol. The Bertz CT molecular complexity index is 787. The summed E-state index contributed by atoms with van der Waals surface area (Å²) in [5, 5.41) is 19.3. The molecule has 3 rings (SSSR count). The highest BCUT2D eigenvalue weighted by atomic mass is 16.3. The van der Waals surface area contributed by atoms with Crippen molar-refractivity contribution in [1.29, 1.82) is 0 Å². The molecule has 0 aliphatic heterocycles. The van der Waals surface area contributed by atoms with Crippen LogP contribution in [-0.4, -0.2) is 10.2 Å². The zero-order chi connectivity index (χ0) is 16.2. The largest absolute Gasteiger partial charge is 0.508 e. The highest BCUT2D eigenvalue weighted by molar-refractivity contribution is 5.71. The number of rotatable bonds is 4. The Morgan fingerprint density at radius 3 is 1.70 bits per heavy atom. The maximum atomic E-state index is 9.91. The molecule has 0 aliphatic rings. The van der Waals surface area contributed by atoms with Gasteiger partial charge in [0.25, 0.3) is 0 Å². The number of aromatic hydroxyl groups is 2. The van der Waals surface area contributed by atoms with Crippen molar-refractivity contribution in [2.75, 3.05) is 0 Å². The van der Waals surface area contributed by atoms with Crippen LogP contribution in [0.1, 0.15) is 18.9 Å². The van der Waals surface area contributed by atoms with Crippen LogP contribution in [0.4, 0.5) is 0 Å². The van der Waals surface area contributed by atoms with E-state index in [4.69, 9.17) is 0 Å². The second-order valence-corrected chi connectivity index (χ2v) is 5.72. The van der Waals surface area contributed by atoms with Gasteiger partial charge >= 0.3 is 0 Å². The zero-order valence-corrected chi connectivity index (χ0v) is 13.2. The van der Waals surface area contributed by atoms with Crippen LogP contribution in [-0.2, 0) is 6.42 Å². The Kier molecular flexibility index (Phi) is 4.33. The molecule has 23 heavy (non-hydrogen) atoms. The number of benzene rings is 3. The van der Waals surface area contributed by atoms with Crippen LogP contribution in [0.25, 0.3) is 22.3 Å². The van der Waals surface area contributed by atoms with Crippen molar-refractivity contribution in [3.63, 3.8) is 0 Å². The third-order valence-electron chi connectivity index (χ3n) is 4.02. The van der Waals surface area contributed by atoms with E-state index in [0.29, 0.717) is 5.75 Å². The maximum absolute atomic E-state index is 9.91. The third kappa shape index (κ3) is 3.37. The van der Waals surface area contributed by atoms with Crippen LogP contribution < -0.4 is 0 Å². The first-order chi connectivity index (χ1) is 11.2. The Morgan fingerprint density at radius 1 is 0.652 bits per heavy atom. The molecule has 0 aromatic heterocycles. The first-order valence-corrected chi connectivity index (χ1v) is 7.89. The Balaban J connectivity index is 1.90. The lowest BCUT2D eigenvalue weighted by atomic mass is 9.98. The molecule has 0 heterocycles. The monoisotopic (exact) mass is 304 g/mol. The summed E-state index contributed by atoms with van der Waals surface area (Å²) >= 11 is 0. The molecule has 0 radical (unpaired) electrons. The molecule has 0 aliphatic carbocycles. The fraction of sp³-hybridized carbons (Fsp3) is 0.143. The number of phenolic OH excluding ortho intramolecular Hbond substituents is 2. The number of aryl methyl sites for hydroxylation is 1. The summed E-state index contributed by atoms with van der Waals surface area (Å²) in [5.41, 5.74) is 5.43. The molecule has 0 spiro atoms. The van der Waals surface area contributed by atoms with Gasteiger partial charge in [-0.05, 0) is 58.5 Å². The van der Waals surface area contributed by atoms with Crippen LogP contribution in [0.5, 0.6) is 11.5 Å². The molecule has 0 saturated carbocycles. The normalized spacial score (nSPS) is 10.7. The topological polar surface area (TPSA) is 40.5 Å². The summed E-state index contributed by atoms with van der Waals surface area (Å²) in [5.74, 6) is 0.647. The lowest BCUT2D eigenvalue weighted by molar-refractivity contribution is 0.467. The molecule has 0 saturated heterocycles. The summed E-state index contributed by atoms with van der Waals surface area (Å²) in [4.78, 5) is 0. The fourth-order valence-electron chi connectivity index (χ4n) is 2.74. The van der Waals surface area contributed by atoms with E-state index in [1.54, 1.807) is 18.2 Å². The first-order valence-electron chi connectivity index (χ1n) is 7.89. The smallest absolute Gasteiger partial charge is 0.118 e. The molecule has 2 nitrogen and oxygen atoms in total. The number of phenols is 2. The molecular formula is C21H20O2.